The Morgan fingerprint density at radius 2 is 1.87 bits per heavy atom. The summed E-state index contributed by atoms with van der Waals surface area (Å²) in [5, 5.41) is 0. The Bertz CT molecular complexity index is 307. The van der Waals surface area contributed by atoms with Gasteiger partial charge in [0, 0.05) is 6.04 Å². The van der Waals surface area contributed by atoms with Crippen LogP contribution in [0.1, 0.15) is 39.0 Å². The molecule has 0 aliphatic heterocycles. The fourth-order valence-electron chi connectivity index (χ4n) is 1.68. The Labute approximate surface area is 90.8 Å². The van der Waals surface area contributed by atoms with Gasteiger partial charge >= 0.3 is 0 Å². The molecule has 2 N–H and O–H groups in total. The maximum absolute atomic E-state index is 11.4. The number of carbonyl (C=O) groups is 1. The van der Waals surface area contributed by atoms with Gasteiger partial charge in [-0.1, -0.05) is 19.3 Å². The van der Waals surface area contributed by atoms with Gasteiger partial charge in [-0.05, 0) is 19.8 Å². The van der Waals surface area contributed by atoms with Crippen LogP contribution < -0.4 is 9.44 Å². The molecule has 0 unspecified atom stereocenters. The third kappa shape index (κ3) is 5.25. The Morgan fingerprint density at radius 3 is 2.40 bits per heavy atom. The molecule has 0 spiro atoms. The van der Waals surface area contributed by atoms with Crippen LogP contribution in [-0.4, -0.2) is 26.8 Å². The number of hydrogen-bond donors (Lipinski definition) is 2. The fourth-order valence-corrected chi connectivity index (χ4v) is 2.83. The number of Topliss-reactive ketones (excluding diaryl/α,β-unsaturated/α-hetero) is 1. The Balaban J connectivity index is 2.37. The van der Waals surface area contributed by atoms with Crippen LogP contribution in [0.15, 0.2) is 0 Å². The van der Waals surface area contributed by atoms with Crippen molar-refractivity contribution in [1.29, 1.82) is 0 Å². The normalized spacial score (nSPS) is 19.0. The van der Waals surface area contributed by atoms with Crippen LogP contribution in [-0.2, 0) is 15.0 Å². The predicted octanol–water partition coefficient (Wildman–Crippen LogP) is 0.332. The standard InChI is InChI=1S/C9H18N2O3S/c1-8(12)7-10-15(13,14)11-9-5-3-2-4-6-9/h9-11H,2-7H2,1H3. The average molecular weight is 234 g/mol. The molecule has 0 saturated heterocycles. The molecular formula is C9H18N2O3S. The van der Waals surface area contributed by atoms with Gasteiger partial charge in [0.15, 0.2) is 0 Å². The van der Waals surface area contributed by atoms with Crippen molar-refractivity contribution in [3.8, 4) is 0 Å². The third-order valence-electron chi connectivity index (χ3n) is 2.44. The van der Waals surface area contributed by atoms with Crippen molar-refractivity contribution in [2.24, 2.45) is 0 Å². The maximum atomic E-state index is 11.4. The summed E-state index contributed by atoms with van der Waals surface area (Å²) in [6.07, 6.45) is 5.10. The second-order valence-corrected chi connectivity index (χ2v) is 5.51. The molecule has 0 heterocycles. The van der Waals surface area contributed by atoms with Gasteiger partial charge in [-0.3, -0.25) is 4.79 Å². The van der Waals surface area contributed by atoms with E-state index in [-0.39, 0.29) is 18.4 Å². The number of rotatable bonds is 5. The quantitative estimate of drug-likeness (QED) is 0.720. The van der Waals surface area contributed by atoms with Gasteiger partial charge in [0.1, 0.15) is 5.78 Å². The van der Waals surface area contributed by atoms with Crippen molar-refractivity contribution in [2.45, 2.75) is 45.1 Å². The van der Waals surface area contributed by atoms with Crippen molar-refractivity contribution < 1.29 is 13.2 Å². The minimum absolute atomic E-state index is 0.0307. The second-order valence-electron chi connectivity index (χ2n) is 3.98. The van der Waals surface area contributed by atoms with E-state index in [0.29, 0.717) is 0 Å². The summed E-state index contributed by atoms with van der Waals surface area (Å²) in [5.74, 6) is -0.191. The lowest BCUT2D eigenvalue weighted by Crippen LogP contribution is -2.44. The highest BCUT2D eigenvalue weighted by atomic mass is 32.2. The van der Waals surface area contributed by atoms with Crippen LogP contribution in [0.5, 0.6) is 0 Å². The smallest absolute Gasteiger partial charge is 0.277 e. The van der Waals surface area contributed by atoms with E-state index in [4.69, 9.17) is 0 Å². The largest absolute Gasteiger partial charge is 0.299 e. The lowest BCUT2D eigenvalue weighted by atomic mass is 9.96. The van der Waals surface area contributed by atoms with Crippen molar-refractivity contribution in [1.82, 2.24) is 9.44 Å². The Hall–Kier alpha value is -0.460. The van der Waals surface area contributed by atoms with Crippen LogP contribution in [0.3, 0.4) is 0 Å². The van der Waals surface area contributed by atoms with Gasteiger partial charge in [-0.15, -0.1) is 0 Å². The summed E-state index contributed by atoms with van der Waals surface area (Å²) in [4.78, 5) is 10.6. The summed E-state index contributed by atoms with van der Waals surface area (Å²) >= 11 is 0. The Morgan fingerprint density at radius 1 is 1.27 bits per heavy atom. The summed E-state index contributed by atoms with van der Waals surface area (Å²) in [5.41, 5.74) is 0. The molecule has 1 aliphatic rings. The molecule has 0 bridgehead atoms. The van der Waals surface area contributed by atoms with Crippen LogP contribution in [0.4, 0.5) is 0 Å². The van der Waals surface area contributed by atoms with E-state index >= 15 is 0 Å². The fraction of sp³-hybridized carbons (Fsp3) is 0.889. The molecule has 0 amide bonds. The molecule has 0 atom stereocenters. The molecule has 1 rings (SSSR count). The first kappa shape index (κ1) is 12.6. The highest BCUT2D eigenvalue weighted by Gasteiger charge is 2.19. The van der Waals surface area contributed by atoms with E-state index < -0.39 is 10.2 Å². The van der Waals surface area contributed by atoms with E-state index in [0.717, 1.165) is 25.7 Å². The zero-order chi connectivity index (χ0) is 11.3. The monoisotopic (exact) mass is 234 g/mol. The third-order valence-corrected chi connectivity index (χ3v) is 3.61. The van der Waals surface area contributed by atoms with Crippen molar-refractivity contribution in [2.75, 3.05) is 6.54 Å². The highest BCUT2D eigenvalue weighted by Crippen LogP contribution is 2.17. The van der Waals surface area contributed by atoms with Gasteiger partial charge in [-0.25, -0.2) is 0 Å². The van der Waals surface area contributed by atoms with E-state index in [1.54, 1.807) is 0 Å². The van der Waals surface area contributed by atoms with Gasteiger partial charge in [0.25, 0.3) is 10.2 Å². The minimum atomic E-state index is -3.50. The van der Waals surface area contributed by atoms with E-state index in [1.807, 2.05) is 0 Å². The summed E-state index contributed by atoms with van der Waals surface area (Å²) < 4.78 is 27.6. The lowest BCUT2D eigenvalue weighted by molar-refractivity contribution is -0.115. The maximum Gasteiger partial charge on any atom is 0.277 e. The lowest BCUT2D eigenvalue weighted by Gasteiger charge is -2.22. The molecule has 15 heavy (non-hydrogen) atoms. The van der Waals surface area contributed by atoms with Crippen molar-refractivity contribution in [3.05, 3.63) is 0 Å². The molecule has 0 aromatic heterocycles. The first-order valence-corrected chi connectivity index (χ1v) is 6.74. The zero-order valence-electron chi connectivity index (χ0n) is 8.95. The van der Waals surface area contributed by atoms with Crippen LogP contribution in [0.2, 0.25) is 0 Å². The molecule has 0 aromatic rings. The molecule has 6 heteroatoms. The summed E-state index contributed by atoms with van der Waals surface area (Å²) in [6.45, 7) is 1.21. The first-order chi connectivity index (χ1) is 6.99. The molecule has 0 radical (unpaired) electrons. The van der Waals surface area contributed by atoms with E-state index in [2.05, 4.69) is 9.44 Å². The van der Waals surface area contributed by atoms with Crippen LogP contribution >= 0.6 is 0 Å². The van der Waals surface area contributed by atoms with Gasteiger partial charge < -0.3 is 0 Å². The molecule has 88 valence electrons. The molecular weight excluding hydrogens is 216 g/mol. The first-order valence-electron chi connectivity index (χ1n) is 5.26. The minimum Gasteiger partial charge on any atom is -0.299 e. The molecule has 1 saturated carbocycles. The summed E-state index contributed by atoms with van der Waals surface area (Å²) in [7, 11) is -3.50. The predicted molar refractivity (Wildman–Crippen MR) is 57.6 cm³/mol. The number of ketones is 1. The molecule has 0 aromatic carbocycles. The van der Waals surface area contributed by atoms with Crippen LogP contribution in [0.25, 0.3) is 0 Å². The van der Waals surface area contributed by atoms with E-state index in [1.165, 1.54) is 13.3 Å². The molecule has 1 fully saturated rings. The number of hydrogen-bond acceptors (Lipinski definition) is 3. The second kappa shape index (κ2) is 5.58. The van der Waals surface area contributed by atoms with Crippen molar-refractivity contribution in [3.63, 3.8) is 0 Å². The Kier molecular flexibility index (Phi) is 4.69. The molecule has 5 nitrogen and oxygen atoms in total. The number of nitrogens with one attached hydrogen (secondary N) is 2. The van der Waals surface area contributed by atoms with E-state index in [9.17, 15) is 13.2 Å². The highest BCUT2D eigenvalue weighted by molar-refractivity contribution is 7.87. The zero-order valence-corrected chi connectivity index (χ0v) is 9.77. The van der Waals surface area contributed by atoms with Crippen molar-refractivity contribution >= 4 is 16.0 Å². The van der Waals surface area contributed by atoms with Gasteiger partial charge in [0.2, 0.25) is 0 Å². The topological polar surface area (TPSA) is 75.3 Å². The van der Waals surface area contributed by atoms with Crippen LogP contribution in [0, 0.1) is 0 Å². The number of carbonyl (C=O) groups excluding carboxylic acids is 1. The average Bonchev–Trinajstić information content (AvgIpc) is 2.16. The summed E-state index contributed by atoms with van der Waals surface area (Å²) in [6, 6.07) is 0.0307. The molecule has 1 aliphatic carbocycles. The van der Waals surface area contributed by atoms with Gasteiger partial charge in [0.05, 0.1) is 6.54 Å². The van der Waals surface area contributed by atoms with Gasteiger partial charge in [-0.2, -0.15) is 17.9 Å². The SMILES string of the molecule is CC(=O)CNS(=O)(=O)NC1CCCCC1.